The average molecular weight is 306 g/mol. The Balaban J connectivity index is 2.53. The number of carbonyl (C=O) groups excluding carboxylic acids is 1. The number of nitrogen functional groups attached to an aromatic ring is 1. The lowest BCUT2D eigenvalue weighted by atomic mass is 9.99. The van der Waals surface area contributed by atoms with Crippen LogP contribution in [0.4, 0.5) is 5.69 Å². The van der Waals surface area contributed by atoms with Crippen LogP contribution in [0.15, 0.2) is 18.2 Å². The zero-order valence-electron chi connectivity index (χ0n) is 13.2. The van der Waals surface area contributed by atoms with Gasteiger partial charge in [-0.1, -0.05) is 13.0 Å². The summed E-state index contributed by atoms with van der Waals surface area (Å²) in [6, 6.07) is 5.73. The van der Waals surface area contributed by atoms with E-state index in [9.17, 15) is 4.79 Å². The number of ether oxygens (including phenoxy) is 1. The summed E-state index contributed by atoms with van der Waals surface area (Å²) in [4.78, 5) is 15.1. The molecular formula is C16H22N2O2S. The van der Waals surface area contributed by atoms with Crippen molar-refractivity contribution in [3.63, 3.8) is 0 Å². The summed E-state index contributed by atoms with van der Waals surface area (Å²) in [5, 5.41) is 0.830. The van der Waals surface area contributed by atoms with Crippen LogP contribution >= 0.6 is 11.3 Å². The first-order valence-electron chi connectivity index (χ1n) is 6.96. The second kappa shape index (κ2) is 5.56. The first-order valence-corrected chi connectivity index (χ1v) is 7.78. The van der Waals surface area contributed by atoms with Crippen molar-refractivity contribution in [2.45, 2.75) is 32.7 Å². The SMILES string of the molecule is CCC(C)(C)N(C)C(=O)c1sc2cccc(OC)c2c1N. The molecule has 0 spiro atoms. The van der Waals surface area contributed by atoms with Crippen molar-refractivity contribution in [3.05, 3.63) is 23.1 Å². The number of anilines is 1. The van der Waals surface area contributed by atoms with Crippen molar-refractivity contribution in [3.8, 4) is 5.75 Å². The Morgan fingerprint density at radius 2 is 2.10 bits per heavy atom. The standard InChI is InChI=1S/C16H22N2O2S/c1-6-16(2,3)18(4)15(19)14-13(17)12-10(20-5)8-7-9-11(12)21-14/h7-9H,6,17H2,1-5H3. The van der Waals surface area contributed by atoms with Crippen LogP contribution in [0, 0.1) is 0 Å². The normalized spacial score (nSPS) is 11.7. The summed E-state index contributed by atoms with van der Waals surface area (Å²) in [6.07, 6.45) is 0.878. The number of hydrogen-bond acceptors (Lipinski definition) is 4. The monoisotopic (exact) mass is 306 g/mol. The largest absolute Gasteiger partial charge is 0.496 e. The maximum Gasteiger partial charge on any atom is 0.266 e. The molecule has 0 aliphatic heterocycles. The highest BCUT2D eigenvalue weighted by Crippen LogP contribution is 2.40. The molecule has 2 rings (SSSR count). The first-order chi connectivity index (χ1) is 9.83. The summed E-state index contributed by atoms with van der Waals surface area (Å²) in [7, 11) is 3.44. The lowest BCUT2D eigenvalue weighted by Crippen LogP contribution is -2.44. The van der Waals surface area contributed by atoms with Gasteiger partial charge in [0.25, 0.3) is 5.91 Å². The highest BCUT2D eigenvalue weighted by molar-refractivity contribution is 7.21. The van der Waals surface area contributed by atoms with E-state index in [1.54, 1.807) is 12.0 Å². The number of methoxy groups -OCH3 is 1. The maximum absolute atomic E-state index is 12.8. The van der Waals surface area contributed by atoms with Gasteiger partial charge >= 0.3 is 0 Å². The number of hydrogen-bond donors (Lipinski definition) is 1. The van der Waals surface area contributed by atoms with Gasteiger partial charge in [0.2, 0.25) is 0 Å². The van der Waals surface area contributed by atoms with Crippen LogP contribution in [0.3, 0.4) is 0 Å². The molecule has 0 saturated carbocycles. The average Bonchev–Trinajstić information content (AvgIpc) is 2.83. The predicted octanol–water partition coefficient (Wildman–Crippen LogP) is 3.75. The zero-order chi connectivity index (χ0) is 15.8. The Morgan fingerprint density at radius 3 is 2.67 bits per heavy atom. The van der Waals surface area contributed by atoms with Gasteiger partial charge in [0.1, 0.15) is 10.6 Å². The Hall–Kier alpha value is -1.75. The minimum atomic E-state index is -0.205. The minimum Gasteiger partial charge on any atom is -0.496 e. The van der Waals surface area contributed by atoms with Crippen LogP contribution in [0.5, 0.6) is 5.75 Å². The number of benzene rings is 1. The first kappa shape index (κ1) is 15.6. The minimum absolute atomic E-state index is 0.0393. The topological polar surface area (TPSA) is 55.6 Å². The van der Waals surface area contributed by atoms with E-state index in [0.29, 0.717) is 16.3 Å². The third kappa shape index (κ3) is 2.58. The van der Waals surface area contributed by atoms with Crippen molar-refractivity contribution < 1.29 is 9.53 Å². The molecule has 4 nitrogen and oxygen atoms in total. The van der Waals surface area contributed by atoms with Crippen molar-refractivity contribution in [2.75, 3.05) is 19.9 Å². The third-order valence-corrected chi connectivity index (χ3v) is 5.36. The van der Waals surface area contributed by atoms with Crippen molar-refractivity contribution in [1.82, 2.24) is 4.90 Å². The van der Waals surface area contributed by atoms with E-state index in [1.807, 2.05) is 25.2 Å². The van der Waals surface area contributed by atoms with E-state index in [-0.39, 0.29) is 11.4 Å². The molecular weight excluding hydrogens is 284 g/mol. The maximum atomic E-state index is 12.8. The van der Waals surface area contributed by atoms with E-state index >= 15 is 0 Å². The van der Waals surface area contributed by atoms with Crippen LogP contribution < -0.4 is 10.5 Å². The van der Waals surface area contributed by atoms with E-state index in [1.165, 1.54) is 11.3 Å². The molecule has 0 aliphatic carbocycles. The number of fused-ring (bicyclic) bond motifs is 1. The molecule has 1 amide bonds. The Bertz CT molecular complexity index is 676. The highest BCUT2D eigenvalue weighted by Gasteiger charge is 2.29. The Kier molecular flexibility index (Phi) is 4.14. The van der Waals surface area contributed by atoms with Gasteiger partial charge in [-0.2, -0.15) is 0 Å². The van der Waals surface area contributed by atoms with Crippen LogP contribution in [-0.2, 0) is 0 Å². The summed E-state index contributed by atoms with van der Waals surface area (Å²) in [6.45, 7) is 6.17. The molecule has 114 valence electrons. The predicted molar refractivity (Wildman–Crippen MR) is 89.3 cm³/mol. The van der Waals surface area contributed by atoms with Crippen LogP contribution in [0.2, 0.25) is 0 Å². The number of rotatable bonds is 4. The molecule has 2 aromatic rings. The summed E-state index contributed by atoms with van der Waals surface area (Å²) in [5.41, 5.74) is 6.53. The third-order valence-electron chi connectivity index (χ3n) is 4.21. The van der Waals surface area contributed by atoms with Crippen LogP contribution in [0.1, 0.15) is 36.9 Å². The number of nitrogens with zero attached hydrogens (tertiary/aromatic N) is 1. The fraction of sp³-hybridized carbons (Fsp3) is 0.438. The van der Waals surface area contributed by atoms with Crippen LogP contribution in [-0.4, -0.2) is 30.5 Å². The number of carbonyl (C=O) groups is 1. The molecule has 1 heterocycles. The van der Waals surface area contributed by atoms with Gasteiger partial charge in [0, 0.05) is 17.3 Å². The number of thiophene rings is 1. The van der Waals surface area contributed by atoms with Crippen LogP contribution in [0.25, 0.3) is 10.1 Å². The fourth-order valence-corrected chi connectivity index (χ4v) is 3.25. The summed E-state index contributed by atoms with van der Waals surface area (Å²) < 4.78 is 6.32. The smallest absolute Gasteiger partial charge is 0.266 e. The molecule has 0 bridgehead atoms. The molecule has 0 fully saturated rings. The molecule has 1 aromatic heterocycles. The van der Waals surface area contributed by atoms with Gasteiger partial charge in [-0.3, -0.25) is 4.79 Å². The second-order valence-corrected chi connectivity index (χ2v) is 6.76. The second-order valence-electron chi connectivity index (χ2n) is 5.71. The molecule has 0 radical (unpaired) electrons. The van der Waals surface area contributed by atoms with Gasteiger partial charge < -0.3 is 15.4 Å². The van der Waals surface area contributed by atoms with E-state index < -0.39 is 0 Å². The van der Waals surface area contributed by atoms with Gasteiger partial charge in [-0.15, -0.1) is 11.3 Å². The Labute approximate surface area is 129 Å². The van der Waals surface area contributed by atoms with Crippen molar-refractivity contribution in [1.29, 1.82) is 0 Å². The molecule has 0 saturated heterocycles. The molecule has 21 heavy (non-hydrogen) atoms. The molecule has 5 heteroatoms. The van der Waals surface area contributed by atoms with Crippen molar-refractivity contribution in [2.24, 2.45) is 0 Å². The Morgan fingerprint density at radius 1 is 1.43 bits per heavy atom. The van der Waals surface area contributed by atoms with Gasteiger partial charge in [0.15, 0.2) is 0 Å². The quantitative estimate of drug-likeness (QED) is 0.936. The molecule has 0 unspecified atom stereocenters. The summed E-state index contributed by atoms with van der Waals surface area (Å²) in [5.74, 6) is 0.667. The lowest BCUT2D eigenvalue weighted by Gasteiger charge is -2.34. The molecule has 1 aromatic carbocycles. The summed E-state index contributed by atoms with van der Waals surface area (Å²) >= 11 is 1.42. The van der Waals surface area contributed by atoms with Crippen molar-refractivity contribution >= 4 is 33.0 Å². The van der Waals surface area contributed by atoms with E-state index in [4.69, 9.17) is 10.5 Å². The zero-order valence-corrected chi connectivity index (χ0v) is 14.0. The molecule has 2 N–H and O–H groups in total. The van der Waals surface area contributed by atoms with Gasteiger partial charge in [0.05, 0.1) is 18.2 Å². The number of amides is 1. The van der Waals surface area contributed by atoms with E-state index in [2.05, 4.69) is 20.8 Å². The fourth-order valence-electron chi connectivity index (χ4n) is 2.13. The van der Waals surface area contributed by atoms with Gasteiger partial charge in [-0.05, 0) is 32.4 Å². The molecule has 0 aliphatic rings. The number of nitrogens with two attached hydrogens (primary N) is 1. The highest BCUT2D eigenvalue weighted by atomic mass is 32.1. The van der Waals surface area contributed by atoms with Gasteiger partial charge in [-0.25, -0.2) is 0 Å². The molecule has 0 atom stereocenters. The van der Waals surface area contributed by atoms with E-state index in [0.717, 1.165) is 16.5 Å². The lowest BCUT2D eigenvalue weighted by molar-refractivity contribution is 0.0626.